The van der Waals surface area contributed by atoms with Crippen LogP contribution in [0, 0.1) is 0 Å². The van der Waals surface area contributed by atoms with Gasteiger partial charge in [-0.2, -0.15) is 0 Å². The van der Waals surface area contributed by atoms with Crippen molar-refractivity contribution >= 4 is 21.6 Å². The van der Waals surface area contributed by atoms with E-state index >= 15 is 0 Å². The molecule has 0 radical (unpaired) electrons. The van der Waals surface area contributed by atoms with Gasteiger partial charge in [0.15, 0.2) is 0 Å². The van der Waals surface area contributed by atoms with Crippen LogP contribution in [-0.2, 0) is 16.4 Å². The van der Waals surface area contributed by atoms with Gasteiger partial charge in [0.1, 0.15) is 0 Å². The van der Waals surface area contributed by atoms with Gasteiger partial charge >= 0.3 is 0 Å². The lowest BCUT2D eigenvalue weighted by Gasteiger charge is -2.33. The Hall–Kier alpha value is -1.60. The maximum Gasteiger partial charge on any atom is 0.253 e. The Balaban J connectivity index is 1.46. The van der Waals surface area contributed by atoms with Crippen LogP contribution >= 0.6 is 0 Å². The van der Waals surface area contributed by atoms with Gasteiger partial charge in [0.05, 0.1) is 5.25 Å². The Labute approximate surface area is 162 Å². The molecule has 2 aliphatic heterocycles. The van der Waals surface area contributed by atoms with E-state index in [9.17, 15) is 13.2 Å². The van der Waals surface area contributed by atoms with Crippen LogP contribution in [0.2, 0.25) is 0 Å². The van der Waals surface area contributed by atoms with Gasteiger partial charge in [-0.1, -0.05) is 18.9 Å². The summed E-state index contributed by atoms with van der Waals surface area (Å²) < 4.78 is 28.5. The number of amides is 1. The summed E-state index contributed by atoms with van der Waals surface area (Å²) in [5.74, 6) is -0.0566. The Morgan fingerprint density at radius 3 is 2.67 bits per heavy atom. The molecular weight excluding hydrogens is 362 g/mol. The maximum atomic E-state index is 13.0. The molecule has 1 aromatic rings. The molecule has 1 aromatic carbocycles. The first-order valence-electron chi connectivity index (χ1n) is 10.1. The molecule has 3 aliphatic rings. The zero-order valence-electron chi connectivity index (χ0n) is 16.0. The summed E-state index contributed by atoms with van der Waals surface area (Å²) in [5.41, 5.74) is 3.04. The minimum atomic E-state index is -3.39. The number of nitrogens with zero attached hydrogens (tertiary/aromatic N) is 2. The number of hydrogen-bond donors (Lipinski definition) is 1. The first kappa shape index (κ1) is 18.7. The van der Waals surface area contributed by atoms with E-state index in [1.54, 1.807) is 4.90 Å². The van der Waals surface area contributed by atoms with Crippen molar-refractivity contribution < 1.29 is 13.2 Å². The molecule has 0 aromatic heterocycles. The standard InChI is InChI=1S/C20H29N3O3S/c1-22-12-10-15-8-9-16(13-19(15)22)20(24)23-11-4-7-18(14-23)27(25,26)21-17-5-2-3-6-17/h8-9,13,17-18,21H,2-7,10-12,14H2,1H3. The summed E-state index contributed by atoms with van der Waals surface area (Å²) in [6.07, 6.45) is 6.40. The van der Waals surface area contributed by atoms with Gasteiger partial charge in [-0.15, -0.1) is 0 Å². The highest BCUT2D eigenvalue weighted by atomic mass is 32.2. The number of benzene rings is 1. The molecule has 1 aliphatic carbocycles. The van der Waals surface area contributed by atoms with Gasteiger partial charge in [-0.3, -0.25) is 4.79 Å². The molecule has 1 unspecified atom stereocenters. The molecule has 148 valence electrons. The molecule has 1 N–H and O–H groups in total. The highest BCUT2D eigenvalue weighted by molar-refractivity contribution is 7.90. The van der Waals surface area contributed by atoms with E-state index in [0.29, 0.717) is 18.5 Å². The van der Waals surface area contributed by atoms with Crippen LogP contribution in [0.4, 0.5) is 5.69 Å². The lowest BCUT2D eigenvalue weighted by Crippen LogP contribution is -2.49. The summed E-state index contributed by atoms with van der Waals surface area (Å²) in [6.45, 7) is 1.89. The number of carbonyl (C=O) groups excluding carboxylic acids is 1. The number of anilines is 1. The van der Waals surface area contributed by atoms with E-state index < -0.39 is 15.3 Å². The van der Waals surface area contributed by atoms with Crippen molar-refractivity contribution in [3.05, 3.63) is 29.3 Å². The first-order valence-corrected chi connectivity index (χ1v) is 11.6. The summed E-state index contributed by atoms with van der Waals surface area (Å²) in [5, 5.41) is -0.507. The largest absolute Gasteiger partial charge is 0.374 e. The summed E-state index contributed by atoms with van der Waals surface area (Å²) in [6, 6.07) is 5.95. The fourth-order valence-corrected chi connectivity index (χ4v) is 6.35. The molecule has 1 saturated heterocycles. The quantitative estimate of drug-likeness (QED) is 0.854. The molecular formula is C20H29N3O3S. The lowest BCUT2D eigenvalue weighted by atomic mass is 10.1. The van der Waals surface area contributed by atoms with Gasteiger partial charge in [0.25, 0.3) is 5.91 Å². The number of fused-ring (bicyclic) bond motifs is 1. The molecule has 4 rings (SSSR count). The van der Waals surface area contributed by atoms with Gasteiger partial charge in [0.2, 0.25) is 10.0 Å². The van der Waals surface area contributed by atoms with Gasteiger partial charge < -0.3 is 9.80 Å². The fraction of sp³-hybridized carbons (Fsp3) is 0.650. The predicted octanol–water partition coefficient (Wildman–Crippen LogP) is 2.15. The molecule has 6 nitrogen and oxygen atoms in total. The SMILES string of the molecule is CN1CCc2ccc(C(=O)N3CCCC(S(=O)(=O)NC4CCCC4)C3)cc21. The Kier molecular flexibility index (Phi) is 5.16. The number of likely N-dealkylation sites (N-methyl/N-ethyl adjacent to an activating group) is 1. The number of hydrogen-bond acceptors (Lipinski definition) is 4. The molecule has 2 fully saturated rings. The van der Waals surface area contributed by atoms with Crippen molar-refractivity contribution in [2.75, 3.05) is 31.6 Å². The minimum absolute atomic E-state index is 0.0566. The normalized spacial score (nSPS) is 23.7. The van der Waals surface area contributed by atoms with E-state index in [2.05, 4.69) is 9.62 Å². The third-order valence-electron chi connectivity index (χ3n) is 6.25. The van der Waals surface area contributed by atoms with Crippen LogP contribution in [0.3, 0.4) is 0 Å². The van der Waals surface area contributed by atoms with Gasteiger partial charge in [-0.25, -0.2) is 13.1 Å². The van der Waals surface area contributed by atoms with E-state index in [0.717, 1.165) is 50.8 Å². The number of rotatable bonds is 4. The summed E-state index contributed by atoms with van der Waals surface area (Å²) in [4.78, 5) is 16.9. The monoisotopic (exact) mass is 391 g/mol. The van der Waals surface area contributed by atoms with Crippen molar-refractivity contribution in [2.24, 2.45) is 0 Å². The van der Waals surface area contributed by atoms with Crippen molar-refractivity contribution in [2.45, 2.75) is 56.2 Å². The van der Waals surface area contributed by atoms with E-state index in [4.69, 9.17) is 0 Å². The predicted molar refractivity (Wildman–Crippen MR) is 107 cm³/mol. The Bertz CT molecular complexity index is 818. The molecule has 27 heavy (non-hydrogen) atoms. The number of nitrogens with one attached hydrogen (secondary N) is 1. The minimum Gasteiger partial charge on any atom is -0.374 e. The Morgan fingerprint density at radius 2 is 1.89 bits per heavy atom. The van der Waals surface area contributed by atoms with E-state index in [-0.39, 0.29) is 18.5 Å². The number of piperidine rings is 1. The number of carbonyl (C=O) groups is 1. The van der Waals surface area contributed by atoms with Crippen molar-refractivity contribution in [1.29, 1.82) is 0 Å². The molecule has 0 bridgehead atoms. The van der Waals surface area contributed by atoms with Crippen LogP contribution in [0.5, 0.6) is 0 Å². The highest BCUT2D eigenvalue weighted by Gasteiger charge is 2.35. The maximum absolute atomic E-state index is 13.0. The van der Waals surface area contributed by atoms with Crippen LogP contribution in [0.25, 0.3) is 0 Å². The summed E-state index contributed by atoms with van der Waals surface area (Å²) >= 11 is 0. The van der Waals surface area contributed by atoms with Crippen LogP contribution < -0.4 is 9.62 Å². The third-order valence-corrected chi connectivity index (χ3v) is 8.17. The van der Waals surface area contributed by atoms with Crippen LogP contribution in [-0.4, -0.2) is 57.2 Å². The van der Waals surface area contributed by atoms with Gasteiger partial charge in [-0.05, 0) is 49.8 Å². The smallest absolute Gasteiger partial charge is 0.253 e. The van der Waals surface area contributed by atoms with Crippen molar-refractivity contribution in [1.82, 2.24) is 9.62 Å². The van der Waals surface area contributed by atoms with Crippen molar-refractivity contribution in [3.63, 3.8) is 0 Å². The van der Waals surface area contributed by atoms with Crippen molar-refractivity contribution in [3.8, 4) is 0 Å². The molecule has 7 heteroatoms. The second-order valence-electron chi connectivity index (χ2n) is 8.17. The Morgan fingerprint density at radius 1 is 1.11 bits per heavy atom. The van der Waals surface area contributed by atoms with Crippen LogP contribution in [0.15, 0.2) is 18.2 Å². The van der Waals surface area contributed by atoms with E-state index in [1.165, 1.54) is 5.56 Å². The second-order valence-corrected chi connectivity index (χ2v) is 10.2. The molecule has 1 atom stereocenters. The number of likely N-dealkylation sites (tertiary alicyclic amines) is 1. The van der Waals surface area contributed by atoms with Crippen LogP contribution in [0.1, 0.15) is 54.4 Å². The number of sulfonamides is 1. The summed E-state index contributed by atoms with van der Waals surface area (Å²) in [7, 11) is -1.35. The fourth-order valence-electron chi connectivity index (χ4n) is 4.60. The highest BCUT2D eigenvalue weighted by Crippen LogP contribution is 2.29. The topological polar surface area (TPSA) is 69.7 Å². The first-order chi connectivity index (χ1) is 12.9. The zero-order chi connectivity index (χ0) is 19.0. The molecule has 2 heterocycles. The lowest BCUT2D eigenvalue weighted by molar-refractivity contribution is 0.0726. The average molecular weight is 392 g/mol. The third kappa shape index (κ3) is 3.85. The van der Waals surface area contributed by atoms with E-state index in [1.807, 2.05) is 25.2 Å². The second kappa shape index (κ2) is 7.43. The molecule has 1 amide bonds. The average Bonchev–Trinajstić information content (AvgIpc) is 3.30. The van der Waals surface area contributed by atoms with Gasteiger partial charge in [0, 0.05) is 44.0 Å². The molecule has 1 saturated carbocycles. The molecule has 0 spiro atoms. The zero-order valence-corrected chi connectivity index (χ0v) is 16.8.